The lowest BCUT2D eigenvalue weighted by Crippen LogP contribution is -2.18. The SMILES string of the molecule is Cl.O=C1N[C@@H](c2ccc(O)cc2O)CO1. The molecule has 2 rings (SSSR count). The summed E-state index contributed by atoms with van der Waals surface area (Å²) in [7, 11) is 0. The number of nitrogens with one attached hydrogen (secondary N) is 1. The first kappa shape index (κ1) is 11.5. The number of ether oxygens (including phenoxy) is 1. The van der Waals surface area contributed by atoms with Gasteiger partial charge in [0.05, 0.1) is 6.04 Å². The summed E-state index contributed by atoms with van der Waals surface area (Å²) in [4.78, 5) is 10.7. The molecule has 1 atom stereocenters. The molecule has 0 unspecified atom stereocenters. The predicted molar refractivity (Wildman–Crippen MR) is 54.2 cm³/mol. The molecule has 15 heavy (non-hydrogen) atoms. The van der Waals surface area contributed by atoms with Gasteiger partial charge < -0.3 is 20.3 Å². The summed E-state index contributed by atoms with van der Waals surface area (Å²) in [5.74, 6) is -0.0720. The van der Waals surface area contributed by atoms with Crippen LogP contribution in [-0.4, -0.2) is 22.9 Å². The monoisotopic (exact) mass is 231 g/mol. The third-order valence-electron chi connectivity index (χ3n) is 2.06. The Bertz CT molecular complexity index is 382. The van der Waals surface area contributed by atoms with Gasteiger partial charge in [0.25, 0.3) is 0 Å². The van der Waals surface area contributed by atoms with Crippen molar-refractivity contribution in [2.45, 2.75) is 6.04 Å². The molecule has 0 spiro atoms. The molecule has 1 aromatic carbocycles. The highest BCUT2D eigenvalue weighted by Crippen LogP contribution is 2.29. The van der Waals surface area contributed by atoms with Crippen LogP contribution in [-0.2, 0) is 4.74 Å². The van der Waals surface area contributed by atoms with E-state index < -0.39 is 6.09 Å². The van der Waals surface area contributed by atoms with Crippen molar-refractivity contribution < 1.29 is 19.7 Å². The highest BCUT2D eigenvalue weighted by Gasteiger charge is 2.25. The Kier molecular flexibility index (Phi) is 3.26. The number of carbonyl (C=O) groups excluding carboxylic acids is 1. The van der Waals surface area contributed by atoms with Crippen molar-refractivity contribution in [1.29, 1.82) is 0 Å². The second kappa shape index (κ2) is 4.27. The van der Waals surface area contributed by atoms with Gasteiger partial charge in [-0.15, -0.1) is 12.4 Å². The number of halogens is 1. The molecule has 5 nitrogen and oxygen atoms in total. The summed E-state index contributed by atoms with van der Waals surface area (Å²) in [6, 6.07) is 3.87. The van der Waals surface area contributed by atoms with Crippen LogP contribution in [0.5, 0.6) is 11.5 Å². The van der Waals surface area contributed by atoms with E-state index in [0.717, 1.165) is 0 Å². The van der Waals surface area contributed by atoms with E-state index in [-0.39, 0.29) is 36.6 Å². The Morgan fingerprint density at radius 2 is 2.13 bits per heavy atom. The molecule has 1 heterocycles. The summed E-state index contributed by atoms with van der Waals surface area (Å²) in [5.41, 5.74) is 0.536. The fraction of sp³-hybridized carbons (Fsp3) is 0.222. The number of carbonyl (C=O) groups is 1. The molecule has 0 radical (unpaired) electrons. The average molecular weight is 232 g/mol. The predicted octanol–water partition coefficient (Wildman–Crippen LogP) is 1.30. The van der Waals surface area contributed by atoms with Crippen molar-refractivity contribution >= 4 is 18.5 Å². The molecule has 0 aliphatic carbocycles. The third-order valence-corrected chi connectivity index (χ3v) is 2.06. The van der Waals surface area contributed by atoms with E-state index in [1.54, 1.807) is 6.07 Å². The minimum absolute atomic E-state index is 0. The van der Waals surface area contributed by atoms with Crippen LogP contribution < -0.4 is 5.32 Å². The van der Waals surface area contributed by atoms with Gasteiger partial charge in [0, 0.05) is 11.6 Å². The lowest BCUT2D eigenvalue weighted by atomic mass is 10.1. The Hall–Kier alpha value is -1.62. The van der Waals surface area contributed by atoms with Crippen LogP contribution in [0.25, 0.3) is 0 Å². The van der Waals surface area contributed by atoms with Crippen LogP contribution in [0.15, 0.2) is 18.2 Å². The van der Waals surface area contributed by atoms with Crippen LogP contribution in [0.1, 0.15) is 11.6 Å². The number of cyclic esters (lactones) is 1. The normalized spacial score (nSPS) is 18.9. The molecule has 1 fully saturated rings. The number of hydrogen-bond donors (Lipinski definition) is 3. The molecule has 1 amide bonds. The second-order valence-corrected chi connectivity index (χ2v) is 3.04. The van der Waals surface area contributed by atoms with Crippen molar-refractivity contribution in [3.8, 4) is 11.5 Å². The van der Waals surface area contributed by atoms with Crippen molar-refractivity contribution in [2.75, 3.05) is 6.61 Å². The maximum absolute atomic E-state index is 10.7. The summed E-state index contributed by atoms with van der Waals surface area (Å²) in [6.45, 7) is 0.192. The Labute approximate surface area is 92.1 Å². The molecule has 0 bridgehead atoms. The molecule has 1 aliphatic heterocycles. The maximum atomic E-state index is 10.7. The first-order valence-electron chi connectivity index (χ1n) is 4.12. The first-order chi connectivity index (χ1) is 6.66. The van der Waals surface area contributed by atoms with Crippen LogP contribution >= 0.6 is 12.4 Å². The second-order valence-electron chi connectivity index (χ2n) is 3.04. The topological polar surface area (TPSA) is 78.8 Å². The van der Waals surface area contributed by atoms with Gasteiger partial charge in [-0.1, -0.05) is 0 Å². The summed E-state index contributed by atoms with van der Waals surface area (Å²) >= 11 is 0. The number of rotatable bonds is 1. The van der Waals surface area contributed by atoms with Crippen molar-refractivity contribution in [1.82, 2.24) is 5.32 Å². The van der Waals surface area contributed by atoms with E-state index in [1.165, 1.54) is 12.1 Å². The molecule has 1 aliphatic rings. The van der Waals surface area contributed by atoms with E-state index >= 15 is 0 Å². The third kappa shape index (κ3) is 2.24. The number of amides is 1. The Balaban J connectivity index is 0.00000112. The average Bonchev–Trinajstić information content (AvgIpc) is 2.51. The molecule has 1 saturated heterocycles. The van der Waals surface area contributed by atoms with E-state index in [4.69, 9.17) is 5.11 Å². The van der Waals surface area contributed by atoms with Gasteiger partial charge in [-0.3, -0.25) is 0 Å². The fourth-order valence-corrected chi connectivity index (χ4v) is 1.38. The van der Waals surface area contributed by atoms with Crippen LogP contribution in [0, 0.1) is 0 Å². The highest BCUT2D eigenvalue weighted by molar-refractivity contribution is 5.85. The van der Waals surface area contributed by atoms with Crippen molar-refractivity contribution in [3.63, 3.8) is 0 Å². The van der Waals surface area contributed by atoms with Gasteiger partial charge in [0.15, 0.2) is 0 Å². The van der Waals surface area contributed by atoms with E-state index in [0.29, 0.717) is 5.56 Å². The number of phenols is 2. The van der Waals surface area contributed by atoms with Gasteiger partial charge >= 0.3 is 6.09 Å². The van der Waals surface area contributed by atoms with E-state index in [2.05, 4.69) is 10.1 Å². The number of phenolic OH excluding ortho intramolecular Hbond substituents is 2. The maximum Gasteiger partial charge on any atom is 0.407 e. The lowest BCUT2D eigenvalue weighted by molar-refractivity contribution is 0.176. The first-order valence-corrected chi connectivity index (χ1v) is 4.12. The zero-order valence-electron chi connectivity index (χ0n) is 7.64. The Morgan fingerprint density at radius 3 is 2.67 bits per heavy atom. The van der Waals surface area contributed by atoms with Crippen molar-refractivity contribution in [3.05, 3.63) is 23.8 Å². The van der Waals surface area contributed by atoms with Gasteiger partial charge in [0.2, 0.25) is 0 Å². The number of aromatic hydroxyl groups is 2. The molecule has 0 aromatic heterocycles. The zero-order chi connectivity index (χ0) is 10.1. The number of alkyl carbamates (subject to hydrolysis) is 1. The largest absolute Gasteiger partial charge is 0.508 e. The Morgan fingerprint density at radius 1 is 1.40 bits per heavy atom. The zero-order valence-corrected chi connectivity index (χ0v) is 8.45. The van der Waals surface area contributed by atoms with Crippen LogP contribution in [0.3, 0.4) is 0 Å². The van der Waals surface area contributed by atoms with Gasteiger partial charge in [-0.2, -0.15) is 0 Å². The van der Waals surface area contributed by atoms with Gasteiger partial charge in [-0.25, -0.2) is 4.79 Å². The van der Waals surface area contributed by atoms with Gasteiger partial charge in [-0.05, 0) is 12.1 Å². The molecule has 82 valence electrons. The minimum Gasteiger partial charge on any atom is -0.508 e. The molecular formula is C9H10ClNO4. The minimum atomic E-state index is -0.498. The molecule has 6 heteroatoms. The van der Waals surface area contributed by atoms with Crippen LogP contribution in [0.2, 0.25) is 0 Å². The summed E-state index contributed by atoms with van der Waals surface area (Å²) in [5, 5.41) is 21.1. The van der Waals surface area contributed by atoms with Gasteiger partial charge in [0.1, 0.15) is 18.1 Å². The molecular weight excluding hydrogens is 222 g/mol. The quantitative estimate of drug-likeness (QED) is 0.681. The number of benzene rings is 1. The summed E-state index contributed by atoms with van der Waals surface area (Å²) in [6.07, 6.45) is -0.498. The fourth-order valence-electron chi connectivity index (χ4n) is 1.38. The molecule has 3 N–H and O–H groups in total. The van der Waals surface area contributed by atoms with E-state index in [1.807, 2.05) is 0 Å². The summed E-state index contributed by atoms with van der Waals surface area (Å²) < 4.78 is 4.68. The molecule has 0 saturated carbocycles. The smallest absolute Gasteiger partial charge is 0.407 e. The highest BCUT2D eigenvalue weighted by atomic mass is 35.5. The number of hydrogen-bond acceptors (Lipinski definition) is 4. The standard InChI is InChI=1S/C9H9NO4.ClH/c11-5-1-2-6(8(12)3-5)7-4-14-9(13)10-7;/h1-3,7,11-12H,4H2,(H,10,13);1H/t7-;/m1./s1. The van der Waals surface area contributed by atoms with Crippen molar-refractivity contribution in [2.24, 2.45) is 0 Å². The van der Waals surface area contributed by atoms with E-state index in [9.17, 15) is 9.90 Å². The lowest BCUT2D eigenvalue weighted by Gasteiger charge is -2.09. The van der Waals surface area contributed by atoms with Crippen LogP contribution in [0.4, 0.5) is 4.79 Å². The molecule has 1 aromatic rings.